The first-order valence-corrected chi connectivity index (χ1v) is 12.1. The van der Waals surface area contributed by atoms with Gasteiger partial charge in [0.25, 0.3) is 5.91 Å². The number of nitrogens with one attached hydrogen (secondary N) is 1. The Balaban J connectivity index is 1.92. The molecule has 3 rings (SSSR count). The molecule has 33 heavy (non-hydrogen) atoms. The number of amides is 1. The zero-order chi connectivity index (χ0) is 24.0. The number of ether oxygens (including phenoxy) is 1. The van der Waals surface area contributed by atoms with Gasteiger partial charge in [0.15, 0.2) is 0 Å². The van der Waals surface area contributed by atoms with Crippen molar-refractivity contribution in [3.05, 3.63) is 95.5 Å². The van der Waals surface area contributed by atoms with E-state index < -0.39 is 5.91 Å². The van der Waals surface area contributed by atoms with Crippen molar-refractivity contribution in [2.24, 2.45) is 0 Å². The fourth-order valence-corrected chi connectivity index (χ4v) is 4.41. The van der Waals surface area contributed by atoms with E-state index in [-0.39, 0.29) is 5.57 Å². The van der Waals surface area contributed by atoms with Gasteiger partial charge in [-0.1, -0.05) is 53.0 Å². The summed E-state index contributed by atoms with van der Waals surface area (Å²) < 4.78 is 6.82. The van der Waals surface area contributed by atoms with E-state index in [0.717, 1.165) is 14.7 Å². The van der Waals surface area contributed by atoms with Gasteiger partial charge in [0, 0.05) is 26.3 Å². The lowest BCUT2D eigenvalue weighted by Gasteiger charge is -2.15. The minimum absolute atomic E-state index is 0.0572. The molecule has 0 aliphatic heterocycles. The largest absolute Gasteiger partial charge is 0.494 e. The van der Waals surface area contributed by atoms with Gasteiger partial charge in [-0.15, -0.1) is 0 Å². The Morgan fingerprint density at radius 1 is 1.09 bits per heavy atom. The van der Waals surface area contributed by atoms with Crippen molar-refractivity contribution < 1.29 is 9.53 Å². The Bertz CT molecular complexity index is 1270. The Kier molecular flexibility index (Phi) is 9.04. The summed E-state index contributed by atoms with van der Waals surface area (Å²) in [7, 11) is 0. The maximum atomic E-state index is 12.7. The fourth-order valence-electron chi connectivity index (χ4n) is 3.09. The van der Waals surface area contributed by atoms with Gasteiger partial charge >= 0.3 is 0 Å². The van der Waals surface area contributed by atoms with Crippen molar-refractivity contribution in [3.63, 3.8) is 0 Å². The van der Waals surface area contributed by atoms with E-state index in [1.54, 1.807) is 12.1 Å². The third kappa shape index (κ3) is 6.64. The first kappa shape index (κ1) is 25.4. The topological polar surface area (TPSA) is 62.1 Å². The maximum Gasteiger partial charge on any atom is 0.266 e. The van der Waals surface area contributed by atoms with Gasteiger partial charge in [0.1, 0.15) is 17.4 Å². The average Bonchev–Trinajstić information content (AvgIpc) is 2.78. The van der Waals surface area contributed by atoms with Crippen molar-refractivity contribution in [1.82, 2.24) is 0 Å². The number of hydrogen-bond acceptors (Lipinski definition) is 3. The number of hydrogen-bond donors (Lipinski definition) is 1. The number of carbonyl (C=O) groups excluding carboxylic acids is 1. The summed E-state index contributed by atoms with van der Waals surface area (Å²) in [6.07, 6.45) is 2.12. The number of anilines is 1. The van der Waals surface area contributed by atoms with Gasteiger partial charge in [0.2, 0.25) is 0 Å². The molecular formula is C25H18Cl3IN2O2. The molecule has 0 saturated heterocycles. The van der Waals surface area contributed by atoms with E-state index in [0.29, 0.717) is 45.1 Å². The third-order valence-electron chi connectivity index (χ3n) is 4.66. The normalized spacial score (nSPS) is 11.1. The van der Waals surface area contributed by atoms with Crippen LogP contribution in [0, 0.1) is 14.9 Å². The fraction of sp³-hybridized carbons (Fsp3) is 0.120. The van der Waals surface area contributed by atoms with Crippen LogP contribution in [0.2, 0.25) is 15.1 Å². The van der Waals surface area contributed by atoms with Crippen LogP contribution in [0.5, 0.6) is 5.75 Å². The van der Waals surface area contributed by atoms with Crippen LogP contribution in [0.4, 0.5) is 5.69 Å². The van der Waals surface area contributed by atoms with Gasteiger partial charge < -0.3 is 10.1 Å². The van der Waals surface area contributed by atoms with Crippen LogP contribution in [0.25, 0.3) is 6.08 Å². The molecule has 0 aromatic heterocycles. The second kappa shape index (κ2) is 11.8. The summed E-state index contributed by atoms with van der Waals surface area (Å²) in [4.78, 5) is 12.7. The molecule has 1 N–H and O–H groups in total. The van der Waals surface area contributed by atoms with Crippen LogP contribution in [0.1, 0.15) is 23.6 Å². The standard InChI is InChI=1S/C25H18Cl3IN2O2/c1-2-33-24-11-15(10-23(29)19(24)12-16-5-3-4-6-20(16)26)9-17(14-30)25(32)31-18-7-8-21(27)22(28)13-18/h3-11,13H,2,12H2,1H3,(H,31,32)/b17-9+. The maximum absolute atomic E-state index is 12.7. The SMILES string of the molecule is CCOc1cc(/C=C(\C#N)C(=O)Nc2ccc(Cl)c(Cl)c2)cc(I)c1Cc1ccccc1Cl. The van der Waals surface area contributed by atoms with E-state index in [1.807, 2.05) is 49.4 Å². The predicted octanol–water partition coefficient (Wildman–Crippen LogP) is 7.79. The molecule has 0 radical (unpaired) electrons. The summed E-state index contributed by atoms with van der Waals surface area (Å²) in [6.45, 7) is 2.38. The highest BCUT2D eigenvalue weighted by Gasteiger charge is 2.15. The van der Waals surface area contributed by atoms with E-state index in [1.165, 1.54) is 12.1 Å². The van der Waals surface area contributed by atoms with Crippen LogP contribution in [-0.4, -0.2) is 12.5 Å². The Morgan fingerprint density at radius 2 is 1.85 bits per heavy atom. The highest BCUT2D eigenvalue weighted by molar-refractivity contribution is 14.1. The number of nitriles is 1. The molecule has 0 spiro atoms. The molecule has 8 heteroatoms. The summed E-state index contributed by atoms with van der Waals surface area (Å²) in [6, 6.07) is 18.1. The molecule has 4 nitrogen and oxygen atoms in total. The zero-order valence-corrected chi connectivity index (χ0v) is 21.9. The highest BCUT2D eigenvalue weighted by atomic mass is 127. The lowest BCUT2D eigenvalue weighted by atomic mass is 10.0. The minimum atomic E-state index is -0.552. The highest BCUT2D eigenvalue weighted by Crippen LogP contribution is 2.32. The quantitative estimate of drug-likeness (QED) is 0.169. The lowest BCUT2D eigenvalue weighted by Crippen LogP contribution is -2.13. The van der Waals surface area contributed by atoms with Crippen LogP contribution >= 0.6 is 57.4 Å². The Labute approximate surface area is 221 Å². The van der Waals surface area contributed by atoms with Gasteiger partial charge in [-0.05, 0) is 83.1 Å². The molecule has 0 aliphatic rings. The van der Waals surface area contributed by atoms with Crippen LogP contribution in [0.3, 0.4) is 0 Å². The number of rotatable bonds is 7. The van der Waals surface area contributed by atoms with Crippen LogP contribution in [0.15, 0.2) is 60.2 Å². The van der Waals surface area contributed by atoms with E-state index in [9.17, 15) is 10.1 Å². The predicted molar refractivity (Wildman–Crippen MR) is 143 cm³/mol. The molecule has 0 aliphatic carbocycles. The van der Waals surface area contributed by atoms with Gasteiger partial charge in [-0.3, -0.25) is 4.79 Å². The molecule has 0 atom stereocenters. The number of carbonyl (C=O) groups is 1. The van der Waals surface area contributed by atoms with Gasteiger partial charge in [-0.25, -0.2) is 0 Å². The van der Waals surface area contributed by atoms with Gasteiger partial charge in [-0.2, -0.15) is 5.26 Å². The van der Waals surface area contributed by atoms with Crippen molar-refractivity contribution in [2.75, 3.05) is 11.9 Å². The molecule has 1 amide bonds. The smallest absolute Gasteiger partial charge is 0.266 e. The second-order valence-electron chi connectivity index (χ2n) is 6.93. The van der Waals surface area contributed by atoms with Crippen molar-refractivity contribution >= 4 is 75.1 Å². The Hall–Kier alpha value is -2.24. The Morgan fingerprint density at radius 3 is 2.52 bits per heavy atom. The summed E-state index contributed by atoms with van der Waals surface area (Å²) in [5, 5.41) is 13.6. The molecule has 3 aromatic carbocycles. The van der Waals surface area contributed by atoms with E-state index >= 15 is 0 Å². The molecule has 0 bridgehead atoms. The van der Waals surface area contributed by atoms with Gasteiger partial charge in [0.05, 0.1) is 16.7 Å². The molecule has 168 valence electrons. The first-order valence-electron chi connectivity index (χ1n) is 9.89. The summed E-state index contributed by atoms with van der Waals surface area (Å²) in [5.74, 6) is 0.127. The first-order chi connectivity index (χ1) is 15.8. The molecule has 0 saturated carbocycles. The molecule has 3 aromatic rings. The summed E-state index contributed by atoms with van der Waals surface area (Å²) >= 11 is 20.5. The van der Waals surface area contributed by atoms with E-state index in [4.69, 9.17) is 39.5 Å². The van der Waals surface area contributed by atoms with Crippen LogP contribution < -0.4 is 10.1 Å². The third-order valence-corrected chi connectivity index (χ3v) is 6.73. The molecule has 0 heterocycles. The average molecular weight is 612 g/mol. The molecule has 0 fully saturated rings. The molecule has 0 unspecified atom stereocenters. The number of benzene rings is 3. The second-order valence-corrected chi connectivity index (χ2v) is 9.32. The van der Waals surface area contributed by atoms with Crippen molar-refractivity contribution in [1.29, 1.82) is 5.26 Å². The summed E-state index contributed by atoms with van der Waals surface area (Å²) in [5.41, 5.74) is 3.03. The number of nitrogens with zero attached hydrogens (tertiary/aromatic N) is 1. The van der Waals surface area contributed by atoms with Crippen LogP contribution in [-0.2, 0) is 11.2 Å². The monoisotopic (exact) mass is 610 g/mol. The number of halogens is 4. The van der Waals surface area contributed by atoms with E-state index in [2.05, 4.69) is 27.9 Å². The molecular weight excluding hydrogens is 594 g/mol. The minimum Gasteiger partial charge on any atom is -0.494 e. The van der Waals surface area contributed by atoms with Crippen molar-refractivity contribution in [2.45, 2.75) is 13.3 Å². The zero-order valence-electron chi connectivity index (χ0n) is 17.5. The lowest BCUT2D eigenvalue weighted by molar-refractivity contribution is -0.112. The van der Waals surface area contributed by atoms with Crippen molar-refractivity contribution in [3.8, 4) is 11.8 Å².